The fraction of sp³-hybridized carbons (Fsp3) is 0.455. The fourth-order valence-electron chi connectivity index (χ4n) is 1.77. The number of aliphatic hydroxyl groups is 1. The van der Waals surface area contributed by atoms with Crippen molar-refractivity contribution >= 4 is 11.6 Å². The Bertz CT molecular complexity index is 308. The van der Waals surface area contributed by atoms with Crippen LogP contribution in [0.4, 0.5) is 0 Å². The molecule has 1 aliphatic rings. The molecule has 1 aromatic rings. The summed E-state index contributed by atoms with van der Waals surface area (Å²) < 4.78 is 5.42. The molecule has 1 heterocycles. The number of hydrogen-bond acceptors (Lipinski definition) is 2. The van der Waals surface area contributed by atoms with Crippen LogP contribution in [-0.2, 0) is 4.74 Å². The molecule has 0 saturated carbocycles. The molecule has 14 heavy (non-hydrogen) atoms. The van der Waals surface area contributed by atoms with Crippen LogP contribution in [0.25, 0.3) is 0 Å². The highest BCUT2D eigenvalue weighted by Crippen LogP contribution is 2.30. The van der Waals surface area contributed by atoms with E-state index >= 15 is 0 Å². The number of halogens is 1. The molecule has 2 atom stereocenters. The van der Waals surface area contributed by atoms with Gasteiger partial charge in [0.15, 0.2) is 0 Å². The largest absolute Gasteiger partial charge is 0.386 e. The van der Waals surface area contributed by atoms with Crippen molar-refractivity contribution in [2.75, 3.05) is 6.61 Å². The van der Waals surface area contributed by atoms with Crippen molar-refractivity contribution in [3.8, 4) is 0 Å². The topological polar surface area (TPSA) is 29.5 Å². The molecular formula is C11H13ClO2. The van der Waals surface area contributed by atoms with Gasteiger partial charge < -0.3 is 9.84 Å². The van der Waals surface area contributed by atoms with Gasteiger partial charge in [0.1, 0.15) is 6.10 Å². The van der Waals surface area contributed by atoms with Crippen LogP contribution < -0.4 is 0 Å². The quantitative estimate of drug-likeness (QED) is 0.817. The second-order valence-electron chi connectivity index (χ2n) is 3.52. The lowest BCUT2D eigenvalue weighted by Gasteiger charge is -2.18. The van der Waals surface area contributed by atoms with Gasteiger partial charge >= 0.3 is 0 Å². The van der Waals surface area contributed by atoms with Gasteiger partial charge in [-0.3, -0.25) is 0 Å². The van der Waals surface area contributed by atoms with Crippen LogP contribution in [0.2, 0.25) is 5.02 Å². The molecule has 1 saturated heterocycles. The average Bonchev–Trinajstić information content (AvgIpc) is 2.70. The molecule has 0 spiro atoms. The third-order valence-corrected chi connectivity index (χ3v) is 2.89. The van der Waals surface area contributed by atoms with Crippen LogP contribution in [0.3, 0.4) is 0 Å². The third kappa shape index (κ3) is 1.92. The lowest BCUT2D eigenvalue weighted by atomic mass is 10.0. The molecule has 1 N–H and O–H groups in total. The second kappa shape index (κ2) is 4.30. The van der Waals surface area contributed by atoms with Crippen LogP contribution in [-0.4, -0.2) is 17.8 Å². The standard InChI is InChI=1S/C11H13ClO2/c12-9-5-2-1-4-8(9)11(13)10-6-3-7-14-10/h1-2,4-5,10-11,13H,3,6-7H2/t10-,11?/m0/s1. The van der Waals surface area contributed by atoms with E-state index in [1.807, 2.05) is 18.2 Å². The Morgan fingerprint density at radius 2 is 2.21 bits per heavy atom. The highest BCUT2D eigenvalue weighted by Gasteiger charge is 2.26. The van der Waals surface area contributed by atoms with Crippen LogP contribution in [0.5, 0.6) is 0 Å². The molecule has 0 amide bonds. The fourth-order valence-corrected chi connectivity index (χ4v) is 2.01. The van der Waals surface area contributed by atoms with E-state index < -0.39 is 6.10 Å². The van der Waals surface area contributed by atoms with Crippen molar-refractivity contribution in [1.29, 1.82) is 0 Å². The minimum absolute atomic E-state index is 0.0881. The van der Waals surface area contributed by atoms with Gasteiger partial charge in [0.2, 0.25) is 0 Å². The lowest BCUT2D eigenvalue weighted by Crippen LogP contribution is -2.17. The monoisotopic (exact) mass is 212 g/mol. The molecule has 0 aromatic heterocycles. The Kier molecular flexibility index (Phi) is 3.06. The first-order valence-corrected chi connectivity index (χ1v) is 5.21. The number of hydrogen-bond donors (Lipinski definition) is 1. The summed E-state index contributed by atoms with van der Waals surface area (Å²) in [6, 6.07) is 7.36. The third-order valence-electron chi connectivity index (χ3n) is 2.54. The van der Waals surface area contributed by atoms with Gasteiger partial charge in [-0.05, 0) is 18.9 Å². The first-order chi connectivity index (χ1) is 6.79. The van der Waals surface area contributed by atoms with E-state index in [2.05, 4.69) is 0 Å². The number of aliphatic hydroxyl groups excluding tert-OH is 1. The Balaban J connectivity index is 2.17. The molecule has 76 valence electrons. The van der Waals surface area contributed by atoms with Gasteiger partial charge in [-0.25, -0.2) is 0 Å². The molecule has 0 aliphatic carbocycles. The van der Waals surface area contributed by atoms with Crippen LogP contribution in [0.15, 0.2) is 24.3 Å². The predicted molar refractivity (Wildman–Crippen MR) is 55.4 cm³/mol. The summed E-state index contributed by atoms with van der Waals surface area (Å²) in [6.45, 7) is 0.742. The lowest BCUT2D eigenvalue weighted by molar-refractivity contribution is -0.00253. The number of rotatable bonds is 2. The highest BCUT2D eigenvalue weighted by molar-refractivity contribution is 6.31. The van der Waals surface area contributed by atoms with Crippen molar-refractivity contribution in [3.05, 3.63) is 34.9 Å². The van der Waals surface area contributed by atoms with Crippen LogP contribution >= 0.6 is 11.6 Å². The smallest absolute Gasteiger partial charge is 0.107 e. The molecule has 1 aliphatic heterocycles. The van der Waals surface area contributed by atoms with Gasteiger partial charge in [0.05, 0.1) is 6.10 Å². The maximum atomic E-state index is 9.99. The van der Waals surface area contributed by atoms with Gasteiger partial charge in [-0.1, -0.05) is 29.8 Å². The number of ether oxygens (including phenoxy) is 1. The summed E-state index contributed by atoms with van der Waals surface area (Å²) >= 11 is 5.98. The molecule has 1 unspecified atom stereocenters. The summed E-state index contributed by atoms with van der Waals surface area (Å²) in [5.41, 5.74) is 0.765. The molecule has 0 bridgehead atoms. The van der Waals surface area contributed by atoms with E-state index in [1.54, 1.807) is 6.07 Å². The average molecular weight is 213 g/mol. The van der Waals surface area contributed by atoms with Crippen LogP contribution in [0.1, 0.15) is 24.5 Å². The maximum Gasteiger partial charge on any atom is 0.107 e. The van der Waals surface area contributed by atoms with Crippen LogP contribution in [0, 0.1) is 0 Å². The van der Waals surface area contributed by atoms with E-state index in [4.69, 9.17) is 16.3 Å². The van der Waals surface area contributed by atoms with Crippen molar-refractivity contribution in [3.63, 3.8) is 0 Å². The van der Waals surface area contributed by atoms with Gasteiger partial charge in [-0.15, -0.1) is 0 Å². The zero-order valence-electron chi connectivity index (χ0n) is 7.82. The zero-order valence-corrected chi connectivity index (χ0v) is 8.57. The molecule has 1 aromatic carbocycles. The summed E-state index contributed by atoms with van der Waals surface area (Å²) in [6.07, 6.45) is 1.25. The van der Waals surface area contributed by atoms with Crippen molar-refractivity contribution < 1.29 is 9.84 Å². The number of benzene rings is 1. The molecule has 3 heteroatoms. The first kappa shape index (κ1) is 9.97. The van der Waals surface area contributed by atoms with E-state index in [9.17, 15) is 5.11 Å². The van der Waals surface area contributed by atoms with Crippen molar-refractivity contribution in [1.82, 2.24) is 0 Å². The Morgan fingerprint density at radius 3 is 2.86 bits per heavy atom. The van der Waals surface area contributed by atoms with Gasteiger partial charge in [-0.2, -0.15) is 0 Å². The Labute approximate surface area is 88.5 Å². The summed E-state index contributed by atoms with van der Waals surface area (Å²) in [7, 11) is 0. The highest BCUT2D eigenvalue weighted by atomic mass is 35.5. The normalized spacial score (nSPS) is 23.7. The Morgan fingerprint density at radius 1 is 1.43 bits per heavy atom. The molecule has 2 rings (SSSR count). The van der Waals surface area contributed by atoms with Gasteiger partial charge in [0.25, 0.3) is 0 Å². The maximum absolute atomic E-state index is 9.99. The predicted octanol–water partition coefficient (Wildman–Crippen LogP) is 2.55. The second-order valence-corrected chi connectivity index (χ2v) is 3.93. The summed E-state index contributed by atoms with van der Waals surface area (Å²) in [5, 5.41) is 10.6. The summed E-state index contributed by atoms with van der Waals surface area (Å²) in [5.74, 6) is 0. The minimum atomic E-state index is -0.591. The molecule has 2 nitrogen and oxygen atoms in total. The minimum Gasteiger partial charge on any atom is -0.386 e. The Hall–Kier alpha value is -0.570. The molecule has 1 fully saturated rings. The summed E-state index contributed by atoms with van der Waals surface area (Å²) in [4.78, 5) is 0. The first-order valence-electron chi connectivity index (χ1n) is 4.83. The van der Waals surface area contributed by atoms with Crippen molar-refractivity contribution in [2.24, 2.45) is 0 Å². The van der Waals surface area contributed by atoms with E-state index in [-0.39, 0.29) is 6.10 Å². The van der Waals surface area contributed by atoms with E-state index in [0.29, 0.717) is 5.02 Å². The van der Waals surface area contributed by atoms with E-state index in [0.717, 1.165) is 25.0 Å². The molecular weight excluding hydrogens is 200 g/mol. The van der Waals surface area contributed by atoms with Crippen molar-refractivity contribution in [2.45, 2.75) is 25.0 Å². The zero-order chi connectivity index (χ0) is 9.97. The molecule has 0 radical (unpaired) electrons. The SMILES string of the molecule is OC(c1ccccc1Cl)[C@@H]1CCCO1. The van der Waals surface area contributed by atoms with Gasteiger partial charge in [0, 0.05) is 17.2 Å². The van der Waals surface area contributed by atoms with E-state index in [1.165, 1.54) is 0 Å².